The van der Waals surface area contributed by atoms with E-state index >= 15 is 0 Å². The molecule has 1 unspecified atom stereocenters. The number of amides is 1. The smallest absolute Gasteiger partial charge is 0.290 e. The number of carbonyl (C=O) groups excluding carboxylic acids is 2. The maximum absolute atomic E-state index is 13.0. The Kier molecular flexibility index (Phi) is 4.95. The van der Waals surface area contributed by atoms with Gasteiger partial charge >= 0.3 is 0 Å². The summed E-state index contributed by atoms with van der Waals surface area (Å²) in [6, 6.07) is 12.8. The number of rotatable bonds is 7. The lowest BCUT2D eigenvalue weighted by molar-refractivity contribution is -0.130. The lowest BCUT2D eigenvalue weighted by Crippen LogP contribution is -2.30. The van der Waals surface area contributed by atoms with Crippen LogP contribution in [-0.4, -0.2) is 28.3 Å². The van der Waals surface area contributed by atoms with Crippen molar-refractivity contribution in [3.63, 3.8) is 0 Å². The number of carbonyl (C=O) groups is 2. The number of hydrogen-bond acceptors (Lipinski definition) is 6. The zero-order valence-electron chi connectivity index (χ0n) is 15.7. The van der Waals surface area contributed by atoms with Gasteiger partial charge in [0.25, 0.3) is 5.91 Å². The summed E-state index contributed by atoms with van der Waals surface area (Å²) in [6.07, 6.45) is 2.82. The summed E-state index contributed by atoms with van der Waals surface area (Å²) in [4.78, 5) is 27.2. The summed E-state index contributed by atoms with van der Waals surface area (Å²) >= 11 is 0. The van der Waals surface area contributed by atoms with Gasteiger partial charge in [0.15, 0.2) is 11.5 Å². The summed E-state index contributed by atoms with van der Waals surface area (Å²) in [5.74, 6) is -0.727. The van der Waals surface area contributed by atoms with Gasteiger partial charge < -0.3 is 23.6 Å². The van der Waals surface area contributed by atoms with E-state index in [0.29, 0.717) is 18.1 Å². The van der Waals surface area contributed by atoms with Crippen molar-refractivity contribution in [2.24, 2.45) is 0 Å². The highest BCUT2D eigenvalue weighted by Gasteiger charge is 2.45. The molecule has 7 heteroatoms. The molecule has 0 radical (unpaired) electrons. The minimum atomic E-state index is -0.870. The molecule has 1 N–H and O–H groups in total. The van der Waals surface area contributed by atoms with E-state index in [4.69, 9.17) is 13.6 Å². The number of aliphatic hydroxyl groups is 1. The lowest BCUT2D eigenvalue weighted by atomic mass is 9.99. The average molecular weight is 393 g/mol. The van der Waals surface area contributed by atoms with Crippen LogP contribution in [0.2, 0.25) is 0 Å². The third-order valence-corrected chi connectivity index (χ3v) is 4.67. The third kappa shape index (κ3) is 3.42. The molecule has 1 amide bonds. The Morgan fingerprint density at radius 2 is 1.93 bits per heavy atom. The van der Waals surface area contributed by atoms with Gasteiger partial charge in [-0.05, 0) is 48.9 Å². The molecule has 1 aliphatic rings. The first kappa shape index (κ1) is 18.6. The van der Waals surface area contributed by atoms with Gasteiger partial charge in [0.2, 0.25) is 5.78 Å². The fourth-order valence-electron chi connectivity index (χ4n) is 3.43. The molecule has 2 aromatic heterocycles. The molecular formula is C22H19NO6. The van der Waals surface area contributed by atoms with Crippen molar-refractivity contribution in [2.75, 3.05) is 6.61 Å². The van der Waals surface area contributed by atoms with Gasteiger partial charge in [-0.3, -0.25) is 9.59 Å². The predicted octanol–water partition coefficient (Wildman–Crippen LogP) is 4.05. The Bertz CT molecular complexity index is 1050. The molecule has 1 atom stereocenters. The second-order valence-electron chi connectivity index (χ2n) is 6.50. The molecule has 0 saturated heterocycles. The highest BCUT2D eigenvalue weighted by Crippen LogP contribution is 2.40. The number of benzene rings is 1. The van der Waals surface area contributed by atoms with Crippen LogP contribution in [0.15, 0.2) is 81.2 Å². The molecule has 1 aliphatic heterocycles. The number of Topliss-reactive ketones (excluding diaryl/α,β-unsaturated/α-hetero) is 1. The minimum absolute atomic E-state index is 0.0381. The van der Waals surface area contributed by atoms with Crippen LogP contribution >= 0.6 is 0 Å². The molecular weight excluding hydrogens is 374 g/mol. The molecule has 7 nitrogen and oxygen atoms in total. The summed E-state index contributed by atoms with van der Waals surface area (Å²) in [6.45, 7) is 2.56. The fraction of sp³-hybridized carbons (Fsp3) is 0.182. The fourth-order valence-corrected chi connectivity index (χ4v) is 3.43. The van der Waals surface area contributed by atoms with Crippen molar-refractivity contribution < 1.29 is 28.3 Å². The molecule has 0 spiro atoms. The topological polar surface area (TPSA) is 93.1 Å². The van der Waals surface area contributed by atoms with Crippen LogP contribution in [0.25, 0.3) is 0 Å². The first-order valence-corrected chi connectivity index (χ1v) is 9.17. The highest BCUT2D eigenvalue weighted by atomic mass is 16.5. The molecule has 29 heavy (non-hydrogen) atoms. The van der Waals surface area contributed by atoms with Crippen LogP contribution < -0.4 is 4.74 Å². The second-order valence-corrected chi connectivity index (χ2v) is 6.50. The summed E-state index contributed by atoms with van der Waals surface area (Å²) < 4.78 is 16.2. The third-order valence-electron chi connectivity index (χ3n) is 4.67. The number of furan rings is 2. The number of ketones is 1. The van der Waals surface area contributed by atoms with E-state index in [1.54, 1.807) is 18.2 Å². The minimum Gasteiger partial charge on any atom is -0.503 e. The average Bonchev–Trinajstić information content (AvgIpc) is 3.47. The van der Waals surface area contributed by atoms with Crippen molar-refractivity contribution in [1.29, 1.82) is 0 Å². The largest absolute Gasteiger partial charge is 0.503 e. The molecule has 0 bridgehead atoms. The highest BCUT2D eigenvalue weighted by molar-refractivity contribution is 6.14. The van der Waals surface area contributed by atoms with Gasteiger partial charge in [-0.15, -0.1) is 0 Å². The molecule has 1 aromatic carbocycles. The van der Waals surface area contributed by atoms with Crippen molar-refractivity contribution in [1.82, 2.24) is 4.90 Å². The molecule has 0 aliphatic carbocycles. The van der Waals surface area contributed by atoms with Gasteiger partial charge in [0.1, 0.15) is 17.6 Å². The quantitative estimate of drug-likeness (QED) is 0.609. The van der Waals surface area contributed by atoms with E-state index in [0.717, 1.165) is 5.56 Å². The Morgan fingerprint density at radius 1 is 1.14 bits per heavy atom. The van der Waals surface area contributed by atoms with Crippen molar-refractivity contribution in [3.05, 3.63) is 89.5 Å². The standard InChI is InChI=1S/C22H19NO6/c1-2-27-15-7-3-6-14(12-15)13-23-19(16-8-4-10-28-16)18(21(25)22(23)26)20(24)17-9-5-11-29-17/h3-12,19,25H,2,13H2,1H3. The van der Waals surface area contributed by atoms with E-state index in [1.807, 2.05) is 31.2 Å². The van der Waals surface area contributed by atoms with Crippen LogP contribution in [0.1, 0.15) is 34.8 Å². The summed E-state index contributed by atoms with van der Waals surface area (Å²) in [5, 5.41) is 10.5. The predicted molar refractivity (Wildman–Crippen MR) is 102 cm³/mol. The maximum atomic E-state index is 13.0. The van der Waals surface area contributed by atoms with Gasteiger partial charge in [-0.2, -0.15) is 0 Å². The van der Waals surface area contributed by atoms with Crippen LogP contribution in [-0.2, 0) is 11.3 Å². The molecule has 0 fully saturated rings. The van der Waals surface area contributed by atoms with Gasteiger partial charge in [0.05, 0.1) is 24.7 Å². The van der Waals surface area contributed by atoms with Crippen molar-refractivity contribution in [2.45, 2.75) is 19.5 Å². The van der Waals surface area contributed by atoms with Crippen molar-refractivity contribution in [3.8, 4) is 5.75 Å². The van der Waals surface area contributed by atoms with Crippen molar-refractivity contribution >= 4 is 11.7 Å². The molecule has 0 saturated carbocycles. The zero-order valence-corrected chi connectivity index (χ0v) is 15.7. The number of nitrogens with zero attached hydrogens (tertiary/aromatic N) is 1. The van der Waals surface area contributed by atoms with Crippen LogP contribution in [0.5, 0.6) is 5.75 Å². The van der Waals surface area contributed by atoms with Gasteiger partial charge in [-0.25, -0.2) is 0 Å². The van der Waals surface area contributed by atoms with E-state index < -0.39 is 23.5 Å². The van der Waals surface area contributed by atoms with Crippen LogP contribution in [0, 0.1) is 0 Å². The number of hydrogen-bond donors (Lipinski definition) is 1. The monoisotopic (exact) mass is 393 g/mol. The Labute approximate surface area is 166 Å². The number of ether oxygens (including phenoxy) is 1. The molecule has 4 rings (SSSR count). The van der Waals surface area contributed by atoms with Gasteiger partial charge in [0, 0.05) is 6.54 Å². The maximum Gasteiger partial charge on any atom is 0.290 e. The van der Waals surface area contributed by atoms with E-state index in [2.05, 4.69) is 0 Å². The van der Waals surface area contributed by atoms with E-state index in [1.165, 1.54) is 23.5 Å². The lowest BCUT2D eigenvalue weighted by Gasteiger charge is -2.25. The molecule has 3 aromatic rings. The van der Waals surface area contributed by atoms with Crippen LogP contribution in [0.3, 0.4) is 0 Å². The Hall–Kier alpha value is -3.74. The molecule has 3 heterocycles. The van der Waals surface area contributed by atoms with Crippen LogP contribution in [0.4, 0.5) is 0 Å². The Balaban J connectivity index is 1.72. The second kappa shape index (κ2) is 7.71. The SMILES string of the molecule is CCOc1cccc(CN2C(=O)C(O)=C(C(=O)c3ccco3)C2c2ccco2)c1. The molecule has 148 valence electrons. The first-order chi connectivity index (χ1) is 14.1. The number of aliphatic hydroxyl groups excluding tert-OH is 1. The zero-order chi connectivity index (χ0) is 20.4. The summed E-state index contributed by atoms with van der Waals surface area (Å²) in [7, 11) is 0. The van der Waals surface area contributed by atoms with E-state index in [9.17, 15) is 14.7 Å². The normalized spacial score (nSPS) is 16.5. The first-order valence-electron chi connectivity index (χ1n) is 9.17. The van der Waals surface area contributed by atoms with E-state index in [-0.39, 0.29) is 17.9 Å². The Morgan fingerprint density at radius 3 is 2.62 bits per heavy atom. The van der Waals surface area contributed by atoms with Gasteiger partial charge in [-0.1, -0.05) is 12.1 Å². The summed E-state index contributed by atoms with van der Waals surface area (Å²) in [5.41, 5.74) is 0.723.